The third kappa shape index (κ3) is 6.13. The maximum Gasteiger partial charge on any atom is 0.226 e. The molecule has 0 atom stereocenters. The summed E-state index contributed by atoms with van der Waals surface area (Å²) in [6.07, 6.45) is 2.04. The Morgan fingerprint density at radius 1 is 1.30 bits per heavy atom. The number of amides is 1. The molecule has 0 fully saturated rings. The summed E-state index contributed by atoms with van der Waals surface area (Å²) in [6, 6.07) is 9.96. The summed E-state index contributed by atoms with van der Waals surface area (Å²) < 4.78 is 3.17. The lowest BCUT2D eigenvalue weighted by Gasteiger charge is -2.22. The van der Waals surface area contributed by atoms with E-state index in [-0.39, 0.29) is 11.8 Å². The first kappa shape index (κ1) is 21.0. The molecule has 0 aliphatic rings. The molecule has 1 aromatic carbocycles. The Morgan fingerprint density at radius 2 is 1.96 bits per heavy atom. The average molecular weight is 434 g/mol. The Labute approximate surface area is 169 Å². The van der Waals surface area contributed by atoms with Gasteiger partial charge in [-0.1, -0.05) is 26.0 Å². The highest BCUT2D eigenvalue weighted by molar-refractivity contribution is 9.10. The number of hydrogen-bond donors (Lipinski definition) is 2. The molecule has 6 nitrogen and oxygen atoms in total. The van der Waals surface area contributed by atoms with Gasteiger partial charge in [0.25, 0.3) is 0 Å². The minimum Gasteiger partial charge on any atom is -0.352 e. The van der Waals surface area contributed by atoms with Gasteiger partial charge in [-0.25, -0.2) is 0 Å². The molecule has 146 valence electrons. The van der Waals surface area contributed by atoms with E-state index >= 15 is 0 Å². The monoisotopic (exact) mass is 433 g/mol. The highest BCUT2D eigenvalue weighted by atomic mass is 79.9. The first-order valence-electron chi connectivity index (χ1n) is 8.92. The fraction of sp³-hybridized carbons (Fsp3) is 0.400. The highest BCUT2D eigenvalue weighted by Crippen LogP contribution is 2.15. The van der Waals surface area contributed by atoms with Gasteiger partial charge >= 0.3 is 0 Å². The van der Waals surface area contributed by atoms with E-state index in [2.05, 4.69) is 47.1 Å². The number of aliphatic imine (C=N–C) groups is 1. The number of rotatable bonds is 6. The van der Waals surface area contributed by atoms with Crippen LogP contribution in [0.4, 0.5) is 5.69 Å². The second-order valence-corrected chi connectivity index (χ2v) is 7.77. The molecule has 0 aliphatic carbocycles. The number of halogens is 1. The first-order valence-corrected chi connectivity index (χ1v) is 9.71. The standard InChI is InChI=1S/C20H28BrN5O/c1-14(2)19(27)24-17-8-6-15(7-9-17)11-23-20(22-3)26(5)13-18-10-16(21)12-25(18)4/h6-10,12,14H,11,13H2,1-5H3,(H,22,23)(H,24,27). The maximum atomic E-state index is 11.8. The lowest BCUT2D eigenvalue weighted by atomic mass is 10.1. The van der Waals surface area contributed by atoms with Gasteiger partial charge in [-0.15, -0.1) is 0 Å². The van der Waals surface area contributed by atoms with Gasteiger partial charge in [-0.2, -0.15) is 0 Å². The highest BCUT2D eigenvalue weighted by Gasteiger charge is 2.10. The van der Waals surface area contributed by atoms with E-state index in [1.807, 2.05) is 58.4 Å². The zero-order valence-corrected chi connectivity index (χ0v) is 18.2. The molecule has 0 unspecified atom stereocenters. The summed E-state index contributed by atoms with van der Waals surface area (Å²) in [5.74, 6) is 0.815. The van der Waals surface area contributed by atoms with Crippen LogP contribution in [-0.2, 0) is 24.9 Å². The number of nitrogens with zero attached hydrogens (tertiary/aromatic N) is 3. The van der Waals surface area contributed by atoms with Crippen molar-refractivity contribution in [2.75, 3.05) is 19.4 Å². The van der Waals surface area contributed by atoms with E-state index in [4.69, 9.17) is 0 Å². The van der Waals surface area contributed by atoms with E-state index in [1.165, 1.54) is 5.69 Å². The minimum absolute atomic E-state index is 0.0233. The smallest absolute Gasteiger partial charge is 0.226 e. The van der Waals surface area contributed by atoms with Crippen molar-refractivity contribution in [2.45, 2.75) is 26.9 Å². The Morgan fingerprint density at radius 3 is 2.48 bits per heavy atom. The molecule has 0 saturated carbocycles. The zero-order valence-electron chi connectivity index (χ0n) is 16.6. The molecule has 0 bridgehead atoms. The number of aromatic nitrogens is 1. The normalized spacial score (nSPS) is 11.6. The van der Waals surface area contributed by atoms with E-state index in [1.54, 1.807) is 7.05 Å². The van der Waals surface area contributed by atoms with Gasteiger partial charge in [0.1, 0.15) is 0 Å². The molecule has 0 radical (unpaired) electrons. The number of carbonyl (C=O) groups excluding carboxylic acids is 1. The van der Waals surface area contributed by atoms with Crippen molar-refractivity contribution < 1.29 is 4.79 Å². The van der Waals surface area contributed by atoms with Gasteiger partial charge in [-0.05, 0) is 39.7 Å². The van der Waals surface area contributed by atoms with Crippen LogP contribution in [0.5, 0.6) is 0 Å². The fourth-order valence-electron chi connectivity index (χ4n) is 2.60. The summed E-state index contributed by atoms with van der Waals surface area (Å²) in [7, 11) is 5.83. The number of anilines is 1. The van der Waals surface area contributed by atoms with Gasteiger partial charge < -0.3 is 20.1 Å². The fourth-order valence-corrected chi connectivity index (χ4v) is 3.17. The minimum atomic E-state index is -0.0324. The number of benzene rings is 1. The molecular weight excluding hydrogens is 406 g/mol. The lowest BCUT2D eigenvalue weighted by Crippen LogP contribution is -2.38. The van der Waals surface area contributed by atoms with Crippen molar-refractivity contribution >= 4 is 33.5 Å². The summed E-state index contributed by atoms with van der Waals surface area (Å²) in [5.41, 5.74) is 3.12. The average Bonchev–Trinajstić information content (AvgIpc) is 2.93. The number of aryl methyl sites for hydroxylation is 1. The van der Waals surface area contributed by atoms with Crippen LogP contribution in [0.25, 0.3) is 0 Å². The number of guanidine groups is 1. The molecule has 2 aromatic rings. The molecule has 0 spiro atoms. The molecule has 1 heterocycles. The topological polar surface area (TPSA) is 61.7 Å². The van der Waals surface area contributed by atoms with Crippen molar-refractivity contribution in [1.82, 2.24) is 14.8 Å². The Hall–Kier alpha value is -2.28. The summed E-state index contributed by atoms with van der Waals surface area (Å²) in [6.45, 7) is 5.17. The van der Waals surface area contributed by atoms with Crippen LogP contribution in [0, 0.1) is 5.92 Å². The van der Waals surface area contributed by atoms with Crippen molar-refractivity contribution in [3.05, 3.63) is 52.3 Å². The summed E-state index contributed by atoms with van der Waals surface area (Å²) in [5, 5.41) is 6.28. The van der Waals surface area contributed by atoms with E-state index in [9.17, 15) is 4.79 Å². The molecule has 2 rings (SSSR count). The second kappa shape index (κ2) is 9.60. The molecule has 1 aromatic heterocycles. The van der Waals surface area contributed by atoms with Crippen LogP contribution in [0.15, 0.2) is 46.0 Å². The molecule has 0 aliphatic heterocycles. The molecule has 1 amide bonds. The van der Waals surface area contributed by atoms with Crippen LogP contribution in [0.1, 0.15) is 25.1 Å². The van der Waals surface area contributed by atoms with Crippen molar-refractivity contribution in [2.24, 2.45) is 18.0 Å². The summed E-state index contributed by atoms with van der Waals surface area (Å²) >= 11 is 3.51. The number of hydrogen-bond acceptors (Lipinski definition) is 2. The van der Waals surface area contributed by atoms with E-state index < -0.39 is 0 Å². The van der Waals surface area contributed by atoms with E-state index in [0.29, 0.717) is 6.54 Å². The second-order valence-electron chi connectivity index (χ2n) is 6.86. The third-order valence-corrected chi connectivity index (χ3v) is 4.68. The molecule has 7 heteroatoms. The number of carbonyl (C=O) groups is 1. The van der Waals surface area contributed by atoms with Crippen LogP contribution in [-0.4, -0.2) is 35.4 Å². The molecule has 27 heavy (non-hydrogen) atoms. The van der Waals surface area contributed by atoms with E-state index in [0.717, 1.165) is 28.2 Å². The molecule has 0 saturated heterocycles. The number of nitrogens with one attached hydrogen (secondary N) is 2. The molecule has 2 N–H and O–H groups in total. The zero-order chi connectivity index (χ0) is 20.0. The maximum absolute atomic E-state index is 11.8. The third-order valence-electron chi connectivity index (χ3n) is 4.24. The lowest BCUT2D eigenvalue weighted by molar-refractivity contribution is -0.118. The van der Waals surface area contributed by atoms with Crippen LogP contribution in [0.3, 0.4) is 0 Å². The predicted octanol–water partition coefficient (Wildman–Crippen LogP) is 3.59. The van der Waals surface area contributed by atoms with Gasteiger partial charge in [0.2, 0.25) is 5.91 Å². The van der Waals surface area contributed by atoms with Gasteiger partial charge in [0.05, 0.1) is 6.54 Å². The van der Waals surface area contributed by atoms with Gasteiger partial charge in [0.15, 0.2) is 5.96 Å². The first-order chi connectivity index (χ1) is 12.8. The largest absolute Gasteiger partial charge is 0.352 e. The molecular formula is C20H28BrN5O. The van der Waals surface area contributed by atoms with Gasteiger partial charge in [-0.3, -0.25) is 9.79 Å². The SMILES string of the molecule is CN=C(NCc1ccc(NC(=O)C(C)C)cc1)N(C)Cc1cc(Br)cn1C. The summed E-state index contributed by atoms with van der Waals surface area (Å²) in [4.78, 5) is 18.2. The van der Waals surface area contributed by atoms with Crippen LogP contribution >= 0.6 is 15.9 Å². The van der Waals surface area contributed by atoms with Crippen molar-refractivity contribution in [3.63, 3.8) is 0 Å². The van der Waals surface area contributed by atoms with Crippen LogP contribution in [0.2, 0.25) is 0 Å². The predicted molar refractivity (Wildman–Crippen MR) is 115 cm³/mol. The van der Waals surface area contributed by atoms with Crippen molar-refractivity contribution in [3.8, 4) is 0 Å². The Balaban J connectivity index is 1.91. The van der Waals surface area contributed by atoms with Crippen LogP contribution < -0.4 is 10.6 Å². The van der Waals surface area contributed by atoms with Crippen molar-refractivity contribution in [1.29, 1.82) is 0 Å². The Bertz CT molecular complexity index is 795. The quantitative estimate of drug-likeness (QED) is 0.540. The van der Waals surface area contributed by atoms with Gasteiger partial charge in [0, 0.05) is 55.7 Å². The Kier molecular flexibility index (Phi) is 7.47.